The standard InChI is InChI=1S/C14H20N4O3/c1-21-12-6-10(15)2-3-11(12)17-13(19)8-18-5-4-9(7-18)14(16)20/h2-3,6,9H,4-5,7-8,15H2,1H3,(H2,16,20)(H,17,19). The molecule has 21 heavy (non-hydrogen) atoms. The van der Waals surface area contributed by atoms with Crippen LogP contribution in [0.15, 0.2) is 18.2 Å². The quantitative estimate of drug-likeness (QED) is 0.663. The molecule has 0 aromatic heterocycles. The summed E-state index contributed by atoms with van der Waals surface area (Å²) in [4.78, 5) is 25.1. The molecule has 1 heterocycles. The van der Waals surface area contributed by atoms with Crippen LogP contribution in [0.1, 0.15) is 6.42 Å². The van der Waals surface area contributed by atoms with Crippen LogP contribution in [0.5, 0.6) is 5.75 Å². The number of likely N-dealkylation sites (tertiary alicyclic amines) is 1. The van der Waals surface area contributed by atoms with Gasteiger partial charge in [0, 0.05) is 18.3 Å². The van der Waals surface area contributed by atoms with Gasteiger partial charge in [0.1, 0.15) is 5.75 Å². The van der Waals surface area contributed by atoms with E-state index in [1.54, 1.807) is 18.2 Å². The van der Waals surface area contributed by atoms with Crippen molar-refractivity contribution >= 4 is 23.2 Å². The summed E-state index contributed by atoms with van der Waals surface area (Å²) in [5.41, 5.74) is 12.1. The van der Waals surface area contributed by atoms with Crippen LogP contribution in [-0.4, -0.2) is 43.5 Å². The van der Waals surface area contributed by atoms with Crippen LogP contribution < -0.4 is 21.5 Å². The summed E-state index contributed by atoms with van der Waals surface area (Å²) < 4.78 is 5.18. The third-order valence-electron chi connectivity index (χ3n) is 3.54. The summed E-state index contributed by atoms with van der Waals surface area (Å²) in [6.07, 6.45) is 0.702. The third kappa shape index (κ3) is 3.85. The zero-order valence-corrected chi connectivity index (χ0v) is 12.0. The van der Waals surface area contributed by atoms with Crippen molar-refractivity contribution in [3.8, 4) is 5.75 Å². The molecule has 1 atom stereocenters. The lowest BCUT2D eigenvalue weighted by Crippen LogP contribution is -2.33. The zero-order chi connectivity index (χ0) is 15.4. The van der Waals surface area contributed by atoms with E-state index < -0.39 is 0 Å². The molecule has 114 valence electrons. The van der Waals surface area contributed by atoms with Gasteiger partial charge in [0.2, 0.25) is 11.8 Å². The number of ether oxygens (including phenoxy) is 1. The van der Waals surface area contributed by atoms with Crippen molar-refractivity contribution in [2.75, 3.05) is 37.8 Å². The molecule has 1 aliphatic rings. The van der Waals surface area contributed by atoms with E-state index in [0.29, 0.717) is 36.6 Å². The van der Waals surface area contributed by atoms with Crippen molar-refractivity contribution in [3.63, 3.8) is 0 Å². The summed E-state index contributed by atoms with van der Waals surface area (Å²) in [6.45, 7) is 1.44. The molecule has 1 aromatic rings. The number of carbonyl (C=O) groups excluding carboxylic acids is 2. The number of nitrogens with one attached hydrogen (secondary N) is 1. The smallest absolute Gasteiger partial charge is 0.238 e. The topological polar surface area (TPSA) is 111 Å². The number of nitrogens with two attached hydrogens (primary N) is 2. The zero-order valence-electron chi connectivity index (χ0n) is 12.0. The highest BCUT2D eigenvalue weighted by Gasteiger charge is 2.27. The molecular weight excluding hydrogens is 272 g/mol. The Labute approximate surface area is 123 Å². The molecule has 1 saturated heterocycles. The molecule has 7 nitrogen and oxygen atoms in total. The van der Waals surface area contributed by atoms with Crippen LogP contribution >= 0.6 is 0 Å². The number of nitrogen functional groups attached to an aromatic ring is 1. The average molecular weight is 292 g/mol. The van der Waals surface area contributed by atoms with Crippen LogP contribution in [0.4, 0.5) is 11.4 Å². The molecule has 0 bridgehead atoms. The van der Waals surface area contributed by atoms with Crippen LogP contribution in [0, 0.1) is 5.92 Å². The second-order valence-electron chi connectivity index (χ2n) is 5.13. The number of carbonyl (C=O) groups is 2. The maximum atomic E-state index is 12.0. The van der Waals surface area contributed by atoms with E-state index in [-0.39, 0.29) is 24.3 Å². The van der Waals surface area contributed by atoms with E-state index in [0.717, 1.165) is 0 Å². The van der Waals surface area contributed by atoms with Crippen LogP contribution in [-0.2, 0) is 9.59 Å². The van der Waals surface area contributed by atoms with E-state index >= 15 is 0 Å². The molecule has 0 saturated carbocycles. The number of primary amides is 1. The predicted octanol–water partition coefficient (Wildman–Crippen LogP) is 0.0231. The van der Waals surface area contributed by atoms with Gasteiger partial charge >= 0.3 is 0 Å². The van der Waals surface area contributed by atoms with Crippen molar-refractivity contribution in [3.05, 3.63) is 18.2 Å². The third-order valence-corrected chi connectivity index (χ3v) is 3.54. The monoisotopic (exact) mass is 292 g/mol. The number of anilines is 2. The molecule has 2 amide bonds. The maximum absolute atomic E-state index is 12.0. The van der Waals surface area contributed by atoms with E-state index in [9.17, 15) is 9.59 Å². The highest BCUT2D eigenvalue weighted by Crippen LogP contribution is 2.26. The normalized spacial score (nSPS) is 18.4. The summed E-state index contributed by atoms with van der Waals surface area (Å²) in [6, 6.07) is 5.04. The number of rotatable bonds is 5. The van der Waals surface area contributed by atoms with Gasteiger partial charge in [-0.05, 0) is 25.1 Å². The minimum absolute atomic E-state index is 0.163. The van der Waals surface area contributed by atoms with Crippen LogP contribution in [0.3, 0.4) is 0 Å². The highest BCUT2D eigenvalue weighted by molar-refractivity contribution is 5.94. The molecule has 1 unspecified atom stereocenters. The number of hydrogen-bond donors (Lipinski definition) is 3. The van der Waals surface area contributed by atoms with Gasteiger partial charge in [-0.25, -0.2) is 0 Å². The Morgan fingerprint density at radius 1 is 1.48 bits per heavy atom. The summed E-state index contributed by atoms with van der Waals surface area (Å²) in [7, 11) is 1.52. The van der Waals surface area contributed by atoms with Gasteiger partial charge in [-0.15, -0.1) is 0 Å². The minimum atomic E-state index is -0.307. The van der Waals surface area contributed by atoms with Gasteiger partial charge < -0.3 is 21.5 Å². The van der Waals surface area contributed by atoms with E-state index in [2.05, 4.69) is 5.32 Å². The van der Waals surface area contributed by atoms with Gasteiger partial charge in [0.15, 0.2) is 0 Å². The van der Waals surface area contributed by atoms with Crippen molar-refractivity contribution in [1.82, 2.24) is 4.90 Å². The number of benzene rings is 1. The fraction of sp³-hybridized carbons (Fsp3) is 0.429. The summed E-state index contributed by atoms with van der Waals surface area (Å²) >= 11 is 0. The number of nitrogens with zero attached hydrogens (tertiary/aromatic N) is 1. The number of methoxy groups -OCH3 is 1. The van der Waals surface area contributed by atoms with Crippen molar-refractivity contribution in [2.24, 2.45) is 11.7 Å². The highest BCUT2D eigenvalue weighted by atomic mass is 16.5. The molecule has 0 radical (unpaired) electrons. The first-order valence-corrected chi connectivity index (χ1v) is 6.74. The van der Waals surface area contributed by atoms with Gasteiger partial charge in [0.05, 0.1) is 25.3 Å². The first kappa shape index (κ1) is 15.1. The van der Waals surface area contributed by atoms with Crippen molar-refractivity contribution < 1.29 is 14.3 Å². The minimum Gasteiger partial charge on any atom is -0.494 e. The molecule has 5 N–H and O–H groups in total. The molecule has 1 aliphatic heterocycles. The lowest BCUT2D eigenvalue weighted by molar-refractivity contribution is -0.122. The number of hydrogen-bond acceptors (Lipinski definition) is 5. The fourth-order valence-electron chi connectivity index (χ4n) is 2.41. The Hall–Kier alpha value is -2.28. The Morgan fingerprint density at radius 3 is 2.86 bits per heavy atom. The van der Waals surface area contributed by atoms with E-state index in [4.69, 9.17) is 16.2 Å². The average Bonchev–Trinajstić information content (AvgIpc) is 2.89. The lowest BCUT2D eigenvalue weighted by Gasteiger charge is -2.16. The molecule has 1 fully saturated rings. The largest absolute Gasteiger partial charge is 0.494 e. The second kappa shape index (κ2) is 6.45. The predicted molar refractivity (Wildman–Crippen MR) is 79.8 cm³/mol. The van der Waals surface area contributed by atoms with E-state index in [1.165, 1.54) is 7.11 Å². The van der Waals surface area contributed by atoms with Gasteiger partial charge in [-0.2, -0.15) is 0 Å². The molecule has 2 rings (SSSR count). The maximum Gasteiger partial charge on any atom is 0.238 e. The fourth-order valence-corrected chi connectivity index (χ4v) is 2.41. The molecule has 0 aliphatic carbocycles. The molecule has 0 spiro atoms. The Kier molecular flexibility index (Phi) is 4.64. The lowest BCUT2D eigenvalue weighted by atomic mass is 10.1. The summed E-state index contributed by atoms with van der Waals surface area (Å²) in [5, 5.41) is 2.78. The van der Waals surface area contributed by atoms with Crippen LogP contribution in [0.25, 0.3) is 0 Å². The number of amides is 2. The molecular formula is C14H20N4O3. The summed E-state index contributed by atoms with van der Waals surface area (Å²) in [5.74, 6) is -0.120. The van der Waals surface area contributed by atoms with Gasteiger partial charge in [-0.3, -0.25) is 14.5 Å². The SMILES string of the molecule is COc1cc(N)ccc1NC(=O)CN1CCC(C(N)=O)C1. The van der Waals surface area contributed by atoms with Crippen molar-refractivity contribution in [2.45, 2.75) is 6.42 Å². The first-order valence-electron chi connectivity index (χ1n) is 6.74. The van der Waals surface area contributed by atoms with Gasteiger partial charge in [-0.1, -0.05) is 0 Å². The van der Waals surface area contributed by atoms with E-state index in [1.807, 2.05) is 4.90 Å². The Balaban J connectivity index is 1.92. The van der Waals surface area contributed by atoms with Gasteiger partial charge in [0.25, 0.3) is 0 Å². The van der Waals surface area contributed by atoms with Crippen molar-refractivity contribution in [1.29, 1.82) is 0 Å². The molecule has 7 heteroatoms. The molecule has 1 aromatic carbocycles. The Morgan fingerprint density at radius 2 is 2.24 bits per heavy atom. The van der Waals surface area contributed by atoms with Crippen LogP contribution in [0.2, 0.25) is 0 Å². The second-order valence-corrected chi connectivity index (χ2v) is 5.13. The first-order chi connectivity index (χ1) is 9.99. The Bertz CT molecular complexity index is 547.